The van der Waals surface area contributed by atoms with Crippen LogP contribution in [0.25, 0.3) is 0 Å². The number of esters is 1. The van der Waals surface area contributed by atoms with Crippen molar-refractivity contribution < 1.29 is 19.4 Å². The zero-order valence-corrected chi connectivity index (χ0v) is 17.2. The highest BCUT2D eigenvalue weighted by Crippen LogP contribution is 2.42. The first kappa shape index (κ1) is 21.7. The van der Waals surface area contributed by atoms with Gasteiger partial charge in [-0.2, -0.15) is 0 Å². The van der Waals surface area contributed by atoms with Crippen molar-refractivity contribution in [3.8, 4) is 0 Å². The van der Waals surface area contributed by atoms with Crippen molar-refractivity contribution in [1.29, 1.82) is 0 Å². The lowest BCUT2D eigenvalue weighted by Crippen LogP contribution is -2.30. The van der Waals surface area contributed by atoms with E-state index in [2.05, 4.69) is 25.2 Å². The van der Waals surface area contributed by atoms with Gasteiger partial charge in [0, 0.05) is 6.42 Å². The molecule has 0 aromatic carbocycles. The quantitative estimate of drug-likeness (QED) is 0.641. The number of ether oxygens (including phenoxy) is 1. The fourth-order valence-corrected chi connectivity index (χ4v) is 4.35. The van der Waals surface area contributed by atoms with Crippen LogP contribution in [0.2, 0.25) is 0 Å². The average Bonchev–Trinajstić information content (AvgIpc) is 2.67. The monoisotopic (exact) mass is 376 g/mol. The molecule has 4 heteroatoms. The lowest BCUT2D eigenvalue weighted by Gasteiger charge is -2.38. The van der Waals surface area contributed by atoms with Crippen molar-refractivity contribution in [2.24, 2.45) is 23.7 Å². The van der Waals surface area contributed by atoms with Crippen LogP contribution in [0.5, 0.6) is 0 Å². The molecule has 0 spiro atoms. The summed E-state index contributed by atoms with van der Waals surface area (Å²) < 4.78 is 5.48. The minimum absolute atomic E-state index is 0.0103. The van der Waals surface area contributed by atoms with Crippen molar-refractivity contribution in [2.45, 2.75) is 84.7 Å². The number of aliphatic carboxylic acids is 1. The zero-order valence-electron chi connectivity index (χ0n) is 17.2. The van der Waals surface area contributed by atoms with Crippen LogP contribution in [-0.2, 0) is 14.3 Å². The third-order valence-corrected chi connectivity index (χ3v) is 6.37. The summed E-state index contributed by atoms with van der Waals surface area (Å²) in [5.41, 5.74) is 1.57. The summed E-state index contributed by atoms with van der Waals surface area (Å²) in [7, 11) is 0. The second kappa shape index (κ2) is 10.7. The van der Waals surface area contributed by atoms with Gasteiger partial charge in [-0.15, -0.1) is 0 Å². The Morgan fingerprint density at radius 1 is 1.30 bits per heavy atom. The number of carboxylic acid groups (broad SMARTS) is 1. The molecule has 0 saturated carbocycles. The van der Waals surface area contributed by atoms with Gasteiger partial charge in [-0.05, 0) is 74.7 Å². The van der Waals surface area contributed by atoms with Gasteiger partial charge in [0.15, 0.2) is 0 Å². The number of carboxylic acids is 1. The summed E-state index contributed by atoms with van der Waals surface area (Å²) in [5.74, 6) is 1.28. The molecule has 3 unspecified atom stereocenters. The Labute approximate surface area is 164 Å². The summed E-state index contributed by atoms with van der Waals surface area (Å²) >= 11 is 0. The maximum atomic E-state index is 11.4. The van der Waals surface area contributed by atoms with Gasteiger partial charge < -0.3 is 9.84 Å². The molecule has 152 valence electrons. The summed E-state index contributed by atoms with van der Waals surface area (Å²) in [5, 5.41) is 8.18. The molecule has 27 heavy (non-hydrogen) atoms. The highest BCUT2D eigenvalue weighted by atomic mass is 16.5. The first-order valence-corrected chi connectivity index (χ1v) is 10.7. The summed E-state index contributed by atoms with van der Waals surface area (Å²) in [6.45, 7) is 5.90. The predicted octanol–water partition coefficient (Wildman–Crippen LogP) is 5.53. The fourth-order valence-electron chi connectivity index (χ4n) is 4.35. The number of hydrogen-bond acceptors (Lipinski definition) is 3. The molecule has 1 fully saturated rings. The largest absolute Gasteiger partial charge is 0.481 e. The van der Waals surface area contributed by atoms with E-state index in [4.69, 9.17) is 9.84 Å². The smallest absolute Gasteiger partial charge is 0.306 e. The molecule has 0 aromatic rings. The van der Waals surface area contributed by atoms with E-state index in [9.17, 15) is 9.59 Å². The van der Waals surface area contributed by atoms with Crippen molar-refractivity contribution in [3.63, 3.8) is 0 Å². The molecule has 1 heterocycles. The Bertz CT molecular complexity index is 563. The highest BCUT2D eigenvalue weighted by Gasteiger charge is 2.32. The van der Waals surface area contributed by atoms with E-state index in [1.165, 1.54) is 25.7 Å². The molecule has 4 nitrogen and oxygen atoms in total. The van der Waals surface area contributed by atoms with Crippen LogP contribution in [0.4, 0.5) is 0 Å². The number of rotatable bonds is 5. The van der Waals surface area contributed by atoms with Gasteiger partial charge in [0.25, 0.3) is 0 Å². The molecule has 1 aliphatic heterocycles. The Morgan fingerprint density at radius 3 is 2.70 bits per heavy atom. The predicted molar refractivity (Wildman–Crippen MR) is 107 cm³/mol. The third-order valence-electron chi connectivity index (χ3n) is 6.37. The van der Waals surface area contributed by atoms with Gasteiger partial charge in [0.2, 0.25) is 0 Å². The van der Waals surface area contributed by atoms with Crippen LogP contribution in [0.3, 0.4) is 0 Å². The van der Waals surface area contributed by atoms with Gasteiger partial charge in [0.1, 0.15) is 6.10 Å². The van der Waals surface area contributed by atoms with Gasteiger partial charge >= 0.3 is 11.9 Å². The van der Waals surface area contributed by atoms with Crippen LogP contribution in [0, 0.1) is 23.7 Å². The molecule has 3 aliphatic rings. The Morgan fingerprint density at radius 2 is 2.07 bits per heavy atom. The van der Waals surface area contributed by atoms with Crippen LogP contribution in [0.1, 0.15) is 78.6 Å². The average molecular weight is 377 g/mol. The standard InChI is InChI=1S/C18H26O2.C5H10O2/c1-13-9-10-14-5-2-3-7-17(14)16(13)12-11-15-6-4-8-18(19)20-15;1-3-4(2)5(6)7/h5,9-10,13,15-17H,2-4,6-8,11-12H2,1H3;4H,3H2,1-2H3,(H,6,7)/t13?,15-,16?,17-;/m0./s1. The van der Waals surface area contributed by atoms with Crippen LogP contribution >= 0.6 is 0 Å². The van der Waals surface area contributed by atoms with Crippen LogP contribution < -0.4 is 0 Å². The molecular weight excluding hydrogens is 340 g/mol. The lowest BCUT2D eigenvalue weighted by molar-refractivity contribution is -0.154. The number of carbonyl (C=O) groups excluding carboxylic acids is 1. The fraction of sp³-hybridized carbons (Fsp3) is 0.739. The molecule has 0 amide bonds. The first-order chi connectivity index (χ1) is 12.9. The minimum atomic E-state index is -0.706. The maximum absolute atomic E-state index is 11.4. The van der Waals surface area contributed by atoms with Crippen molar-refractivity contribution in [3.05, 3.63) is 23.8 Å². The third kappa shape index (κ3) is 6.51. The number of hydrogen-bond donors (Lipinski definition) is 1. The van der Waals surface area contributed by atoms with E-state index in [-0.39, 0.29) is 18.0 Å². The topological polar surface area (TPSA) is 63.6 Å². The van der Waals surface area contributed by atoms with E-state index in [1.807, 2.05) is 6.92 Å². The van der Waals surface area contributed by atoms with E-state index in [0.717, 1.165) is 37.5 Å². The maximum Gasteiger partial charge on any atom is 0.306 e. The van der Waals surface area contributed by atoms with Crippen molar-refractivity contribution >= 4 is 11.9 Å². The summed E-state index contributed by atoms with van der Waals surface area (Å²) in [6.07, 6.45) is 16.9. The Balaban J connectivity index is 0.000000321. The van der Waals surface area contributed by atoms with Crippen LogP contribution in [-0.4, -0.2) is 23.1 Å². The molecule has 0 bridgehead atoms. The normalized spacial score (nSPS) is 30.9. The number of carbonyl (C=O) groups is 2. The van der Waals surface area contributed by atoms with Crippen molar-refractivity contribution in [1.82, 2.24) is 0 Å². The van der Waals surface area contributed by atoms with Gasteiger partial charge in [0.05, 0.1) is 5.92 Å². The number of cyclic esters (lactones) is 1. The summed E-state index contributed by atoms with van der Waals surface area (Å²) in [4.78, 5) is 21.3. The second-order valence-electron chi connectivity index (χ2n) is 8.35. The van der Waals surface area contributed by atoms with Gasteiger partial charge in [-0.3, -0.25) is 9.59 Å². The molecule has 1 saturated heterocycles. The highest BCUT2D eigenvalue weighted by molar-refractivity contribution is 5.70. The molecule has 0 aromatic heterocycles. The molecule has 3 rings (SSSR count). The minimum Gasteiger partial charge on any atom is -0.481 e. The van der Waals surface area contributed by atoms with Crippen LogP contribution in [0.15, 0.2) is 23.8 Å². The molecule has 1 N–H and O–H groups in total. The second-order valence-corrected chi connectivity index (χ2v) is 8.35. The zero-order chi connectivity index (χ0) is 19.8. The van der Waals surface area contributed by atoms with E-state index in [1.54, 1.807) is 12.5 Å². The Hall–Kier alpha value is -1.58. The van der Waals surface area contributed by atoms with Gasteiger partial charge in [-0.1, -0.05) is 39.0 Å². The SMILES string of the molecule is CC1C=CC2=CCCC[C@@H]2C1CC[C@@H]1CCCC(=O)O1.CCC(C)C(=O)O. The molecule has 0 radical (unpaired) electrons. The van der Waals surface area contributed by atoms with Crippen molar-refractivity contribution in [2.75, 3.05) is 0 Å². The first-order valence-electron chi connectivity index (χ1n) is 10.7. The van der Waals surface area contributed by atoms with E-state index >= 15 is 0 Å². The lowest BCUT2D eigenvalue weighted by atomic mass is 9.68. The molecular formula is C23H36O4. The number of allylic oxidation sites excluding steroid dienone is 4. The van der Waals surface area contributed by atoms with E-state index < -0.39 is 5.97 Å². The number of fused-ring (bicyclic) bond motifs is 1. The van der Waals surface area contributed by atoms with Gasteiger partial charge in [-0.25, -0.2) is 0 Å². The summed E-state index contributed by atoms with van der Waals surface area (Å²) in [6, 6.07) is 0. The Kier molecular flexibility index (Phi) is 8.59. The molecule has 2 aliphatic carbocycles. The molecule has 5 atom stereocenters. The van der Waals surface area contributed by atoms with E-state index in [0.29, 0.717) is 12.3 Å².